The van der Waals surface area contributed by atoms with E-state index in [0.29, 0.717) is 31.4 Å². The number of halogens is 3. The number of rotatable bonds is 7. The molecule has 3 heterocycles. The Balaban J connectivity index is 1.51. The first-order chi connectivity index (χ1) is 17.2. The summed E-state index contributed by atoms with van der Waals surface area (Å²) < 4.78 is 41.5. The van der Waals surface area contributed by atoms with Gasteiger partial charge in [-0.15, -0.1) is 0 Å². The SMILES string of the molecule is NC(=O)c1cnc(Nc2ccc(C3CCN(O)CCC3=O)cn2)cc1NCc1c(F)ccc(F)c1F. The lowest BCUT2D eigenvalue weighted by molar-refractivity contribution is -0.121. The number of nitrogens with two attached hydrogens (primary N) is 1. The van der Waals surface area contributed by atoms with Crippen molar-refractivity contribution >= 4 is 29.0 Å². The summed E-state index contributed by atoms with van der Waals surface area (Å²) in [6, 6.07) is 6.29. The normalized spacial score (nSPS) is 16.4. The molecule has 188 valence electrons. The van der Waals surface area contributed by atoms with Crippen LogP contribution in [-0.2, 0) is 11.3 Å². The van der Waals surface area contributed by atoms with E-state index in [1.807, 2.05) is 0 Å². The van der Waals surface area contributed by atoms with E-state index in [1.54, 1.807) is 18.3 Å². The molecule has 1 aromatic carbocycles. The number of amides is 1. The predicted molar refractivity (Wildman–Crippen MR) is 124 cm³/mol. The van der Waals surface area contributed by atoms with Crippen LogP contribution < -0.4 is 16.4 Å². The van der Waals surface area contributed by atoms with Gasteiger partial charge in [-0.2, -0.15) is 5.06 Å². The van der Waals surface area contributed by atoms with E-state index < -0.39 is 35.5 Å². The molecule has 1 amide bonds. The Bertz CT molecular complexity index is 1290. The summed E-state index contributed by atoms with van der Waals surface area (Å²) in [4.78, 5) is 32.6. The smallest absolute Gasteiger partial charge is 0.252 e. The van der Waals surface area contributed by atoms with E-state index in [2.05, 4.69) is 20.6 Å². The van der Waals surface area contributed by atoms with Crippen LogP contribution in [0.15, 0.2) is 42.7 Å². The molecule has 3 aromatic rings. The van der Waals surface area contributed by atoms with Crippen molar-refractivity contribution in [1.82, 2.24) is 15.0 Å². The number of carbonyl (C=O) groups is 2. The molecule has 0 saturated carbocycles. The van der Waals surface area contributed by atoms with Crippen LogP contribution >= 0.6 is 0 Å². The summed E-state index contributed by atoms with van der Waals surface area (Å²) in [6.07, 6.45) is 3.47. The molecule has 1 atom stereocenters. The summed E-state index contributed by atoms with van der Waals surface area (Å²) in [5, 5.41) is 16.4. The molecular weight excluding hydrogens is 477 g/mol. The maximum atomic E-state index is 14.0. The number of pyridine rings is 2. The van der Waals surface area contributed by atoms with Crippen molar-refractivity contribution in [1.29, 1.82) is 0 Å². The van der Waals surface area contributed by atoms with Gasteiger partial charge in [0, 0.05) is 56.0 Å². The molecule has 1 saturated heterocycles. The van der Waals surface area contributed by atoms with Gasteiger partial charge in [-0.3, -0.25) is 9.59 Å². The Morgan fingerprint density at radius 1 is 1.08 bits per heavy atom. The maximum absolute atomic E-state index is 14.0. The molecule has 1 unspecified atom stereocenters. The third-order valence-electron chi connectivity index (χ3n) is 5.89. The van der Waals surface area contributed by atoms with Crippen molar-refractivity contribution in [2.75, 3.05) is 23.7 Å². The van der Waals surface area contributed by atoms with Crippen molar-refractivity contribution < 1.29 is 28.0 Å². The van der Waals surface area contributed by atoms with Gasteiger partial charge in [-0.05, 0) is 30.2 Å². The largest absolute Gasteiger partial charge is 0.380 e. The number of aromatic nitrogens is 2. The Kier molecular flexibility index (Phi) is 7.46. The minimum Gasteiger partial charge on any atom is -0.380 e. The van der Waals surface area contributed by atoms with E-state index in [9.17, 15) is 28.0 Å². The van der Waals surface area contributed by atoms with Crippen LogP contribution in [0.4, 0.5) is 30.5 Å². The van der Waals surface area contributed by atoms with Gasteiger partial charge < -0.3 is 21.6 Å². The fraction of sp³-hybridized carbons (Fsp3) is 0.250. The summed E-state index contributed by atoms with van der Waals surface area (Å²) in [5.74, 6) is -4.02. The molecule has 9 nitrogen and oxygen atoms in total. The molecule has 1 aliphatic heterocycles. The average molecular weight is 500 g/mol. The monoisotopic (exact) mass is 500 g/mol. The lowest BCUT2D eigenvalue weighted by atomic mass is 9.92. The third kappa shape index (κ3) is 5.61. The van der Waals surface area contributed by atoms with E-state index in [1.165, 1.54) is 12.3 Å². The molecular formula is C24H23F3N6O3. The fourth-order valence-electron chi connectivity index (χ4n) is 3.91. The number of primary amides is 1. The number of benzene rings is 1. The Morgan fingerprint density at radius 3 is 2.56 bits per heavy atom. The van der Waals surface area contributed by atoms with Crippen LogP contribution in [0.5, 0.6) is 0 Å². The van der Waals surface area contributed by atoms with Gasteiger partial charge in [0.05, 0.1) is 11.3 Å². The second kappa shape index (κ2) is 10.7. The number of carbonyl (C=O) groups excluding carboxylic acids is 2. The van der Waals surface area contributed by atoms with Gasteiger partial charge in [0.25, 0.3) is 5.91 Å². The highest BCUT2D eigenvalue weighted by Gasteiger charge is 2.25. The van der Waals surface area contributed by atoms with Gasteiger partial charge in [0.15, 0.2) is 11.6 Å². The first kappa shape index (κ1) is 25.1. The first-order valence-corrected chi connectivity index (χ1v) is 11.1. The minimum absolute atomic E-state index is 0.0275. The second-order valence-electron chi connectivity index (χ2n) is 8.27. The van der Waals surface area contributed by atoms with E-state index in [4.69, 9.17) is 5.73 Å². The standard InChI is InChI=1S/C24H23F3N6O3/c25-17-2-3-18(26)23(27)15(17)11-29-19-9-22(31-12-16(19)24(28)35)32-21-4-1-13(10-30-21)14-5-7-33(36)8-6-20(14)34/h1-4,9-10,12,14,36H,5-8,11H2,(H2,28,35)(H2,29,30,31,32). The topological polar surface area (TPSA) is 133 Å². The summed E-state index contributed by atoms with van der Waals surface area (Å²) in [7, 11) is 0. The van der Waals surface area contributed by atoms with E-state index in [0.717, 1.165) is 16.7 Å². The number of anilines is 3. The van der Waals surface area contributed by atoms with E-state index >= 15 is 0 Å². The highest BCUT2D eigenvalue weighted by Crippen LogP contribution is 2.27. The molecule has 0 spiro atoms. The van der Waals surface area contributed by atoms with Crippen LogP contribution in [0.2, 0.25) is 0 Å². The zero-order chi connectivity index (χ0) is 25.8. The van der Waals surface area contributed by atoms with Crippen LogP contribution in [0.1, 0.15) is 40.2 Å². The number of hydrogen-bond acceptors (Lipinski definition) is 8. The lowest BCUT2D eigenvalue weighted by Crippen LogP contribution is -2.19. The zero-order valence-corrected chi connectivity index (χ0v) is 19.0. The molecule has 4 rings (SSSR count). The number of hydroxylamine groups is 2. The Morgan fingerprint density at radius 2 is 1.83 bits per heavy atom. The van der Waals surface area contributed by atoms with Gasteiger partial charge in [-0.25, -0.2) is 23.1 Å². The molecule has 5 N–H and O–H groups in total. The van der Waals surface area contributed by atoms with Crippen LogP contribution in [0, 0.1) is 17.5 Å². The highest BCUT2D eigenvalue weighted by molar-refractivity contribution is 5.98. The Hall–Kier alpha value is -4.03. The number of nitrogens with zero attached hydrogens (tertiary/aromatic N) is 3. The van der Waals surface area contributed by atoms with Gasteiger partial charge >= 0.3 is 0 Å². The van der Waals surface area contributed by atoms with Gasteiger partial charge in [0.1, 0.15) is 23.2 Å². The summed E-state index contributed by atoms with van der Waals surface area (Å²) in [6.45, 7) is 0.225. The van der Waals surface area contributed by atoms with Gasteiger partial charge in [-0.1, -0.05) is 6.07 Å². The quantitative estimate of drug-likeness (QED) is 0.363. The highest BCUT2D eigenvalue weighted by atomic mass is 19.2. The molecule has 2 aromatic heterocycles. The van der Waals surface area contributed by atoms with Crippen molar-refractivity contribution in [3.05, 3.63) is 76.9 Å². The van der Waals surface area contributed by atoms with E-state index in [-0.39, 0.29) is 35.2 Å². The summed E-state index contributed by atoms with van der Waals surface area (Å²) in [5.41, 5.74) is 5.65. The van der Waals surface area contributed by atoms with Crippen LogP contribution in [-0.4, -0.2) is 45.0 Å². The number of ketones is 1. The molecule has 0 bridgehead atoms. The van der Waals surface area contributed by atoms with Crippen LogP contribution in [0.25, 0.3) is 0 Å². The third-order valence-corrected chi connectivity index (χ3v) is 5.89. The minimum atomic E-state index is -1.33. The number of hydrogen-bond donors (Lipinski definition) is 4. The lowest BCUT2D eigenvalue weighted by Gasteiger charge is -2.15. The fourth-order valence-corrected chi connectivity index (χ4v) is 3.91. The van der Waals surface area contributed by atoms with Crippen molar-refractivity contribution in [2.45, 2.75) is 25.3 Å². The molecule has 0 aliphatic carbocycles. The first-order valence-electron chi connectivity index (χ1n) is 11.1. The maximum Gasteiger partial charge on any atom is 0.252 e. The second-order valence-corrected chi connectivity index (χ2v) is 8.27. The molecule has 36 heavy (non-hydrogen) atoms. The van der Waals surface area contributed by atoms with Crippen molar-refractivity contribution in [3.63, 3.8) is 0 Å². The molecule has 0 radical (unpaired) electrons. The molecule has 12 heteroatoms. The zero-order valence-electron chi connectivity index (χ0n) is 19.0. The number of Topliss-reactive ketones (excluding diaryl/α,β-unsaturated/α-hetero) is 1. The average Bonchev–Trinajstić information content (AvgIpc) is 3.02. The van der Waals surface area contributed by atoms with Crippen LogP contribution in [0.3, 0.4) is 0 Å². The van der Waals surface area contributed by atoms with Gasteiger partial charge in [0.2, 0.25) is 0 Å². The van der Waals surface area contributed by atoms with Crippen molar-refractivity contribution in [2.24, 2.45) is 5.73 Å². The van der Waals surface area contributed by atoms with Crippen molar-refractivity contribution in [3.8, 4) is 0 Å². The predicted octanol–water partition coefficient (Wildman–Crippen LogP) is 3.49. The summed E-state index contributed by atoms with van der Waals surface area (Å²) >= 11 is 0. The molecule has 1 aliphatic rings. The number of nitrogens with one attached hydrogen (secondary N) is 2. The Labute approximate surface area is 204 Å². The molecule has 1 fully saturated rings.